The molecular weight excluding hydrogens is 302 g/mol. The number of piperazine rings is 1. The van der Waals surface area contributed by atoms with Gasteiger partial charge in [0.2, 0.25) is 0 Å². The number of rotatable bonds is 3. The Hall–Kier alpha value is -1.59. The van der Waals surface area contributed by atoms with E-state index in [-0.39, 0.29) is 11.4 Å². The van der Waals surface area contributed by atoms with Crippen molar-refractivity contribution in [1.29, 1.82) is 0 Å². The van der Waals surface area contributed by atoms with Gasteiger partial charge in [0.25, 0.3) is 5.91 Å². The molecule has 2 saturated heterocycles. The fourth-order valence-corrected chi connectivity index (χ4v) is 3.84. The first-order chi connectivity index (χ1) is 11.5. The molecule has 0 aliphatic carbocycles. The Bertz CT molecular complexity index is 555. The fourth-order valence-electron chi connectivity index (χ4n) is 3.84. The molecule has 5 heteroatoms. The summed E-state index contributed by atoms with van der Waals surface area (Å²) in [4.78, 5) is 19.7. The second-order valence-electron chi connectivity index (χ2n) is 7.28. The molecule has 0 N–H and O–H groups in total. The summed E-state index contributed by atoms with van der Waals surface area (Å²) in [5.41, 5.74) is 0.132. The third kappa shape index (κ3) is 3.57. The smallest absolute Gasteiger partial charge is 0.263 e. The highest BCUT2D eigenvalue weighted by Gasteiger charge is 2.43. The minimum Gasteiger partial charge on any atom is -0.481 e. The number of amides is 1. The van der Waals surface area contributed by atoms with Gasteiger partial charge < -0.3 is 14.5 Å². The molecule has 0 unspecified atom stereocenters. The van der Waals surface area contributed by atoms with Crippen molar-refractivity contribution in [3.8, 4) is 5.75 Å². The van der Waals surface area contributed by atoms with Crippen LogP contribution in [0.15, 0.2) is 30.3 Å². The van der Waals surface area contributed by atoms with Crippen LogP contribution < -0.4 is 4.74 Å². The van der Waals surface area contributed by atoms with Crippen LogP contribution in [0.2, 0.25) is 0 Å². The van der Waals surface area contributed by atoms with E-state index in [2.05, 4.69) is 23.9 Å². The topological polar surface area (TPSA) is 36.0 Å². The van der Waals surface area contributed by atoms with E-state index in [0.29, 0.717) is 0 Å². The fraction of sp³-hybridized carbons (Fsp3) is 0.632. The lowest BCUT2D eigenvalue weighted by atomic mass is 9.83. The maximum atomic E-state index is 12.9. The molecule has 2 aliphatic rings. The molecule has 2 heterocycles. The van der Waals surface area contributed by atoms with Gasteiger partial charge in [-0.1, -0.05) is 18.2 Å². The molecule has 0 radical (unpaired) electrons. The lowest BCUT2D eigenvalue weighted by Gasteiger charge is -2.53. The molecule has 0 saturated carbocycles. The van der Waals surface area contributed by atoms with Gasteiger partial charge in [0.1, 0.15) is 5.75 Å². The molecule has 2 fully saturated rings. The number of para-hydroxylation sites is 1. The Labute approximate surface area is 145 Å². The highest BCUT2D eigenvalue weighted by atomic mass is 16.5. The molecule has 1 aromatic rings. The van der Waals surface area contributed by atoms with Crippen LogP contribution in [0.3, 0.4) is 0 Å². The van der Waals surface area contributed by atoms with Crippen molar-refractivity contribution in [1.82, 2.24) is 14.7 Å². The number of piperidine rings is 1. The number of likely N-dealkylation sites (N-methyl/N-ethyl adjacent to an activating group) is 1. The van der Waals surface area contributed by atoms with Crippen molar-refractivity contribution >= 4 is 5.91 Å². The third-order valence-corrected chi connectivity index (χ3v) is 5.63. The first kappa shape index (κ1) is 17.2. The number of hydrogen-bond acceptors (Lipinski definition) is 4. The van der Waals surface area contributed by atoms with Gasteiger partial charge in [-0.3, -0.25) is 9.69 Å². The Morgan fingerprint density at radius 1 is 1.08 bits per heavy atom. The van der Waals surface area contributed by atoms with E-state index in [4.69, 9.17) is 4.74 Å². The van der Waals surface area contributed by atoms with Crippen LogP contribution in [0.4, 0.5) is 0 Å². The quantitative estimate of drug-likeness (QED) is 0.844. The highest BCUT2D eigenvalue weighted by Crippen LogP contribution is 2.31. The first-order valence-electron chi connectivity index (χ1n) is 8.90. The summed E-state index contributed by atoms with van der Waals surface area (Å²) in [5, 5.41) is 0. The second-order valence-corrected chi connectivity index (χ2v) is 7.28. The van der Waals surface area contributed by atoms with Crippen molar-refractivity contribution in [2.24, 2.45) is 0 Å². The summed E-state index contributed by atoms with van der Waals surface area (Å²) >= 11 is 0. The molecule has 1 amide bonds. The number of hydrogen-bond donors (Lipinski definition) is 0. The lowest BCUT2D eigenvalue weighted by Crippen LogP contribution is -2.65. The van der Waals surface area contributed by atoms with Gasteiger partial charge in [-0.05, 0) is 59.1 Å². The number of ether oxygens (including phenoxy) is 1. The van der Waals surface area contributed by atoms with Gasteiger partial charge in [-0.25, -0.2) is 0 Å². The zero-order valence-corrected chi connectivity index (χ0v) is 15.1. The van der Waals surface area contributed by atoms with Gasteiger partial charge in [-0.2, -0.15) is 0 Å². The molecule has 24 heavy (non-hydrogen) atoms. The number of nitrogens with zero attached hydrogens (tertiary/aromatic N) is 3. The summed E-state index contributed by atoms with van der Waals surface area (Å²) in [6.45, 7) is 6.60. The van der Waals surface area contributed by atoms with Crippen molar-refractivity contribution < 1.29 is 9.53 Å². The Morgan fingerprint density at radius 2 is 1.75 bits per heavy atom. The van der Waals surface area contributed by atoms with Crippen LogP contribution >= 0.6 is 0 Å². The number of carbonyl (C=O) groups is 1. The minimum absolute atomic E-state index is 0.102. The maximum Gasteiger partial charge on any atom is 0.263 e. The van der Waals surface area contributed by atoms with Crippen LogP contribution in [0.25, 0.3) is 0 Å². The first-order valence-corrected chi connectivity index (χ1v) is 8.90. The monoisotopic (exact) mass is 331 g/mol. The third-order valence-electron chi connectivity index (χ3n) is 5.63. The highest BCUT2D eigenvalue weighted by molar-refractivity contribution is 5.81. The van der Waals surface area contributed by atoms with Crippen LogP contribution in [0.5, 0.6) is 5.75 Å². The molecule has 132 valence electrons. The largest absolute Gasteiger partial charge is 0.481 e. The molecule has 1 spiro atoms. The normalized spacial score (nSPS) is 23.2. The van der Waals surface area contributed by atoms with Crippen molar-refractivity contribution in [3.05, 3.63) is 30.3 Å². The maximum absolute atomic E-state index is 12.9. The van der Waals surface area contributed by atoms with Crippen LogP contribution in [0.1, 0.15) is 19.8 Å². The van der Waals surface area contributed by atoms with E-state index >= 15 is 0 Å². The average Bonchev–Trinajstić information content (AvgIpc) is 2.60. The Morgan fingerprint density at radius 3 is 2.42 bits per heavy atom. The zero-order valence-electron chi connectivity index (χ0n) is 15.1. The molecule has 2 aliphatic heterocycles. The summed E-state index contributed by atoms with van der Waals surface area (Å²) < 4.78 is 5.84. The van der Waals surface area contributed by atoms with E-state index in [0.717, 1.165) is 51.3 Å². The SMILES string of the molecule is C[C@H](Oc1ccccc1)C(=O)N1CCN(C)C2(CCN(C)CC2)C1. The van der Waals surface area contributed by atoms with E-state index in [1.54, 1.807) is 0 Å². The van der Waals surface area contributed by atoms with E-state index in [1.165, 1.54) is 0 Å². The molecule has 0 bridgehead atoms. The molecule has 5 nitrogen and oxygen atoms in total. The molecular formula is C19H29N3O2. The van der Waals surface area contributed by atoms with Gasteiger partial charge in [0.15, 0.2) is 6.10 Å². The van der Waals surface area contributed by atoms with E-state index in [9.17, 15) is 4.79 Å². The second kappa shape index (κ2) is 7.11. The molecule has 1 aromatic carbocycles. The van der Waals surface area contributed by atoms with Crippen LogP contribution in [-0.2, 0) is 4.79 Å². The predicted octanol–water partition coefficient (Wildman–Crippen LogP) is 1.69. The van der Waals surface area contributed by atoms with Gasteiger partial charge >= 0.3 is 0 Å². The van der Waals surface area contributed by atoms with E-state index < -0.39 is 6.10 Å². The Kier molecular flexibility index (Phi) is 5.11. The number of benzene rings is 1. The zero-order chi connectivity index (χ0) is 17.2. The molecule has 3 rings (SSSR count). The van der Waals surface area contributed by atoms with Gasteiger partial charge in [0, 0.05) is 25.2 Å². The molecule has 1 atom stereocenters. The number of likely N-dealkylation sites (tertiary alicyclic amines) is 1. The minimum atomic E-state index is -0.445. The van der Waals surface area contributed by atoms with Gasteiger partial charge in [-0.15, -0.1) is 0 Å². The van der Waals surface area contributed by atoms with Crippen LogP contribution in [0, 0.1) is 0 Å². The average molecular weight is 331 g/mol. The standard InChI is InChI=1S/C19H29N3O2/c1-16(24-17-7-5-4-6-8-17)18(23)22-14-13-21(3)19(15-22)9-11-20(2)12-10-19/h4-8,16H,9-15H2,1-3H3/t16-/m0/s1. The van der Waals surface area contributed by atoms with Crippen molar-refractivity contribution in [3.63, 3.8) is 0 Å². The summed E-state index contributed by atoms with van der Waals surface area (Å²) in [6, 6.07) is 9.59. The van der Waals surface area contributed by atoms with Gasteiger partial charge in [0.05, 0.1) is 0 Å². The van der Waals surface area contributed by atoms with Crippen molar-refractivity contribution in [2.45, 2.75) is 31.4 Å². The summed E-state index contributed by atoms with van der Waals surface area (Å²) in [5.74, 6) is 0.853. The lowest BCUT2D eigenvalue weighted by molar-refractivity contribution is -0.144. The number of carbonyl (C=O) groups excluding carboxylic acids is 1. The van der Waals surface area contributed by atoms with E-state index in [1.807, 2.05) is 42.2 Å². The van der Waals surface area contributed by atoms with Crippen molar-refractivity contribution in [2.75, 3.05) is 46.8 Å². The predicted molar refractivity (Wildman–Crippen MR) is 95.2 cm³/mol. The summed E-state index contributed by atoms with van der Waals surface area (Å²) in [6.07, 6.45) is 1.80. The van der Waals surface area contributed by atoms with Crippen LogP contribution in [-0.4, -0.2) is 79.1 Å². The Balaban J connectivity index is 1.64. The summed E-state index contributed by atoms with van der Waals surface area (Å²) in [7, 11) is 4.38. The molecule has 0 aromatic heterocycles.